The van der Waals surface area contributed by atoms with Crippen molar-refractivity contribution in [1.29, 1.82) is 0 Å². The zero-order valence-corrected chi connectivity index (χ0v) is 7.98. The lowest BCUT2D eigenvalue weighted by Crippen LogP contribution is -1.78. The summed E-state index contributed by atoms with van der Waals surface area (Å²) in [6.07, 6.45) is 5.29. The predicted molar refractivity (Wildman–Crippen MR) is 53.1 cm³/mol. The van der Waals surface area contributed by atoms with Gasteiger partial charge >= 0.3 is 0 Å². The van der Waals surface area contributed by atoms with Gasteiger partial charge in [-0.2, -0.15) is 5.11 Å². The van der Waals surface area contributed by atoms with Gasteiger partial charge in [-0.1, -0.05) is 25.8 Å². The molecule has 1 heterocycles. The van der Waals surface area contributed by atoms with Gasteiger partial charge in [0.25, 0.3) is 0 Å². The Morgan fingerprint density at radius 2 is 2.23 bits per heavy atom. The monoisotopic (exact) mass is 177 g/mol. The maximum absolute atomic E-state index is 4.04. The van der Waals surface area contributed by atoms with Crippen molar-refractivity contribution in [3.63, 3.8) is 0 Å². The van der Waals surface area contributed by atoms with Gasteiger partial charge in [0, 0.05) is 6.20 Å². The molecule has 1 rings (SSSR count). The van der Waals surface area contributed by atoms with Crippen LogP contribution in [0.15, 0.2) is 34.6 Å². The van der Waals surface area contributed by atoms with Crippen molar-refractivity contribution in [2.75, 3.05) is 6.54 Å². The molecular formula is C10H15N3. The first-order valence-electron chi connectivity index (χ1n) is 4.72. The second-order valence-electron chi connectivity index (χ2n) is 2.86. The van der Waals surface area contributed by atoms with Gasteiger partial charge < -0.3 is 0 Å². The molecule has 3 heteroatoms. The van der Waals surface area contributed by atoms with E-state index in [9.17, 15) is 0 Å². The summed E-state index contributed by atoms with van der Waals surface area (Å²) in [6.45, 7) is 2.99. The maximum Gasteiger partial charge on any atom is 0.173 e. The zero-order valence-electron chi connectivity index (χ0n) is 7.98. The molecule has 0 N–H and O–H groups in total. The van der Waals surface area contributed by atoms with Crippen LogP contribution >= 0.6 is 0 Å². The van der Waals surface area contributed by atoms with Crippen LogP contribution in [0.3, 0.4) is 0 Å². The molecule has 0 amide bonds. The third-order valence-electron chi connectivity index (χ3n) is 1.68. The smallest absolute Gasteiger partial charge is 0.173 e. The molecule has 0 aliphatic rings. The van der Waals surface area contributed by atoms with E-state index >= 15 is 0 Å². The molecule has 0 atom stereocenters. The summed E-state index contributed by atoms with van der Waals surface area (Å²) in [5.41, 5.74) is 0. The number of nitrogens with zero attached hydrogens (tertiary/aromatic N) is 3. The van der Waals surface area contributed by atoms with Crippen LogP contribution in [0.5, 0.6) is 0 Å². The number of aromatic nitrogens is 1. The van der Waals surface area contributed by atoms with E-state index < -0.39 is 0 Å². The van der Waals surface area contributed by atoms with Gasteiger partial charge in [0.15, 0.2) is 5.82 Å². The van der Waals surface area contributed by atoms with Crippen LogP contribution < -0.4 is 0 Å². The molecule has 13 heavy (non-hydrogen) atoms. The van der Waals surface area contributed by atoms with Gasteiger partial charge in [-0.25, -0.2) is 4.98 Å². The molecule has 70 valence electrons. The van der Waals surface area contributed by atoms with E-state index in [-0.39, 0.29) is 0 Å². The number of hydrogen-bond acceptors (Lipinski definition) is 3. The fourth-order valence-electron chi connectivity index (χ4n) is 0.968. The predicted octanol–water partition coefficient (Wildman–Crippen LogP) is 3.36. The normalized spacial score (nSPS) is 10.8. The Morgan fingerprint density at radius 1 is 1.31 bits per heavy atom. The Labute approximate surface area is 78.9 Å². The van der Waals surface area contributed by atoms with E-state index in [2.05, 4.69) is 22.1 Å². The van der Waals surface area contributed by atoms with E-state index in [1.165, 1.54) is 12.8 Å². The highest BCUT2D eigenvalue weighted by atomic mass is 15.1. The molecular weight excluding hydrogens is 162 g/mol. The topological polar surface area (TPSA) is 37.6 Å². The summed E-state index contributed by atoms with van der Waals surface area (Å²) in [7, 11) is 0. The van der Waals surface area contributed by atoms with Gasteiger partial charge in [0.2, 0.25) is 0 Å². The van der Waals surface area contributed by atoms with Crippen molar-refractivity contribution in [2.24, 2.45) is 10.2 Å². The molecule has 0 fully saturated rings. The van der Waals surface area contributed by atoms with Crippen molar-refractivity contribution >= 4 is 5.82 Å². The summed E-state index contributed by atoms with van der Waals surface area (Å²) in [5.74, 6) is 0.694. The van der Waals surface area contributed by atoms with Crippen LogP contribution in [0.25, 0.3) is 0 Å². The van der Waals surface area contributed by atoms with Gasteiger partial charge in [-0.15, -0.1) is 5.11 Å². The summed E-state index contributed by atoms with van der Waals surface area (Å²) >= 11 is 0. The van der Waals surface area contributed by atoms with Crippen LogP contribution in [0, 0.1) is 0 Å². The lowest BCUT2D eigenvalue weighted by atomic mass is 10.3. The number of pyridine rings is 1. The Kier molecular flexibility index (Phi) is 4.76. The Balaban J connectivity index is 2.25. The average Bonchev–Trinajstić information content (AvgIpc) is 2.19. The summed E-state index contributed by atoms with van der Waals surface area (Å²) in [6, 6.07) is 5.63. The van der Waals surface area contributed by atoms with Crippen LogP contribution in [0.4, 0.5) is 5.82 Å². The molecule has 0 aliphatic heterocycles. The molecule has 0 saturated carbocycles. The van der Waals surface area contributed by atoms with E-state index in [4.69, 9.17) is 0 Å². The van der Waals surface area contributed by atoms with Crippen molar-refractivity contribution < 1.29 is 0 Å². The Morgan fingerprint density at radius 3 is 2.92 bits per heavy atom. The van der Waals surface area contributed by atoms with E-state index in [1.54, 1.807) is 6.20 Å². The van der Waals surface area contributed by atoms with Crippen LogP contribution in [-0.2, 0) is 0 Å². The van der Waals surface area contributed by atoms with Gasteiger partial charge in [-0.05, 0) is 18.6 Å². The third kappa shape index (κ3) is 4.35. The van der Waals surface area contributed by atoms with Crippen LogP contribution in [0.2, 0.25) is 0 Å². The number of rotatable bonds is 5. The molecule has 0 bridgehead atoms. The standard InChI is InChI=1S/C10H15N3/c1-2-3-5-9-12-13-10-7-4-6-8-11-10/h4,6-8H,2-3,5,9H2,1H3. The first-order chi connectivity index (χ1) is 6.43. The highest BCUT2D eigenvalue weighted by Gasteiger charge is 1.86. The maximum atomic E-state index is 4.04. The van der Waals surface area contributed by atoms with Crippen molar-refractivity contribution in [3.05, 3.63) is 24.4 Å². The highest BCUT2D eigenvalue weighted by Crippen LogP contribution is 2.05. The molecule has 0 saturated heterocycles. The molecule has 3 nitrogen and oxygen atoms in total. The SMILES string of the molecule is CCCCCN=Nc1ccccn1. The fourth-order valence-corrected chi connectivity index (χ4v) is 0.968. The van der Waals surface area contributed by atoms with Crippen LogP contribution in [-0.4, -0.2) is 11.5 Å². The van der Waals surface area contributed by atoms with E-state index in [0.717, 1.165) is 13.0 Å². The molecule has 0 unspecified atom stereocenters. The first kappa shape index (κ1) is 9.84. The lowest BCUT2D eigenvalue weighted by Gasteiger charge is -1.91. The average molecular weight is 177 g/mol. The van der Waals surface area contributed by atoms with Crippen LogP contribution in [0.1, 0.15) is 26.2 Å². The second-order valence-corrected chi connectivity index (χ2v) is 2.86. The minimum atomic E-state index is 0.694. The minimum absolute atomic E-state index is 0.694. The third-order valence-corrected chi connectivity index (χ3v) is 1.68. The van der Waals surface area contributed by atoms with E-state index in [0.29, 0.717) is 5.82 Å². The largest absolute Gasteiger partial charge is 0.236 e. The highest BCUT2D eigenvalue weighted by molar-refractivity contribution is 5.23. The van der Waals surface area contributed by atoms with Gasteiger partial charge in [0.1, 0.15) is 0 Å². The Hall–Kier alpha value is -1.25. The summed E-state index contributed by atoms with van der Waals surface area (Å²) in [4.78, 5) is 4.04. The molecule has 0 spiro atoms. The van der Waals surface area contributed by atoms with Crippen molar-refractivity contribution in [1.82, 2.24) is 4.98 Å². The quantitative estimate of drug-likeness (QED) is 0.502. The number of unbranched alkanes of at least 4 members (excludes halogenated alkanes) is 2. The Bertz CT molecular complexity index is 244. The van der Waals surface area contributed by atoms with Gasteiger partial charge in [-0.3, -0.25) is 0 Å². The number of azo groups is 1. The molecule has 1 aromatic rings. The number of hydrogen-bond donors (Lipinski definition) is 0. The summed E-state index contributed by atoms with van der Waals surface area (Å²) in [5, 5.41) is 8.03. The summed E-state index contributed by atoms with van der Waals surface area (Å²) < 4.78 is 0. The van der Waals surface area contributed by atoms with Crippen molar-refractivity contribution in [3.8, 4) is 0 Å². The molecule has 0 radical (unpaired) electrons. The van der Waals surface area contributed by atoms with Gasteiger partial charge in [0.05, 0.1) is 6.54 Å². The molecule has 0 aromatic carbocycles. The zero-order chi connectivity index (χ0) is 9.36. The second kappa shape index (κ2) is 6.29. The minimum Gasteiger partial charge on any atom is -0.236 e. The molecule has 1 aromatic heterocycles. The van der Waals surface area contributed by atoms with E-state index in [1.807, 2.05) is 18.2 Å². The van der Waals surface area contributed by atoms with Crippen molar-refractivity contribution in [2.45, 2.75) is 26.2 Å². The fraction of sp³-hybridized carbons (Fsp3) is 0.500. The first-order valence-corrected chi connectivity index (χ1v) is 4.72. The lowest BCUT2D eigenvalue weighted by molar-refractivity contribution is 0.712. The molecule has 0 aliphatic carbocycles.